The zero-order valence-corrected chi connectivity index (χ0v) is 16.8. The van der Waals surface area contributed by atoms with Gasteiger partial charge in [-0.15, -0.1) is 0 Å². The summed E-state index contributed by atoms with van der Waals surface area (Å²) in [6.45, 7) is 7.15. The number of nitrogens with one attached hydrogen (secondary N) is 2. The summed E-state index contributed by atoms with van der Waals surface area (Å²) in [6.07, 6.45) is 6.65. The standard InChI is InChI=1S/C22H33N3O2/c1-15(2)20(24-16(3)21(26)25-14-13-23-22(25)27)19-11-9-18(10-12-19)17-7-5-4-6-8-17/h9-12,15-17,20,24H,4-8,13-14H2,1-3H3,(H,23,27)/t16-,20-/m1/s1. The van der Waals surface area contributed by atoms with Gasteiger partial charge in [0.05, 0.1) is 6.04 Å². The first-order valence-corrected chi connectivity index (χ1v) is 10.4. The number of carbonyl (C=O) groups excluding carboxylic acids is 2. The van der Waals surface area contributed by atoms with E-state index in [0.29, 0.717) is 24.9 Å². The first kappa shape index (κ1) is 19.9. The number of benzene rings is 1. The summed E-state index contributed by atoms with van der Waals surface area (Å²) < 4.78 is 0. The molecule has 0 bridgehead atoms. The van der Waals surface area contributed by atoms with Crippen LogP contribution in [-0.4, -0.2) is 36.0 Å². The van der Waals surface area contributed by atoms with Crippen LogP contribution in [0.5, 0.6) is 0 Å². The molecule has 5 heteroatoms. The predicted octanol–water partition coefficient (Wildman–Crippen LogP) is 3.96. The Kier molecular flexibility index (Phi) is 6.53. The normalized spacial score (nSPS) is 20.6. The molecule has 3 rings (SSSR count). The smallest absolute Gasteiger partial charge is 0.324 e. The molecule has 1 aromatic rings. The maximum atomic E-state index is 12.6. The Balaban J connectivity index is 1.67. The largest absolute Gasteiger partial charge is 0.336 e. The lowest BCUT2D eigenvalue weighted by atomic mass is 9.83. The third-order valence-corrected chi connectivity index (χ3v) is 5.96. The third-order valence-electron chi connectivity index (χ3n) is 5.96. The second-order valence-corrected chi connectivity index (χ2v) is 8.33. The average molecular weight is 372 g/mol. The summed E-state index contributed by atoms with van der Waals surface area (Å²) in [5.41, 5.74) is 2.65. The minimum absolute atomic E-state index is 0.0787. The van der Waals surface area contributed by atoms with Crippen LogP contribution in [0.2, 0.25) is 0 Å². The van der Waals surface area contributed by atoms with E-state index in [1.54, 1.807) is 0 Å². The van der Waals surface area contributed by atoms with Crippen LogP contribution >= 0.6 is 0 Å². The van der Waals surface area contributed by atoms with Crippen molar-refractivity contribution < 1.29 is 9.59 Å². The molecular weight excluding hydrogens is 338 g/mol. The van der Waals surface area contributed by atoms with Gasteiger partial charge in [-0.3, -0.25) is 15.0 Å². The number of nitrogens with zero attached hydrogens (tertiary/aromatic N) is 1. The monoisotopic (exact) mass is 371 g/mol. The highest BCUT2D eigenvalue weighted by atomic mass is 16.2. The maximum Gasteiger partial charge on any atom is 0.324 e. The summed E-state index contributed by atoms with van der Waals surface area (Å²) in [6, 6.07) is 8.34. The minimum atomic E-state index is -0.403. The SMILES string of the molecule is CC(C)[C@@H](N[C@H](C)C(=O)N1CCNC1=O)c1ccc(C2CCCCC2)cc1. The fourth-order valence-electron chi connectivity index (χ4n) is 4.34. The van der Waals surface area contributed by atoms with E-state index in [1.807, 2.05) is 6.92 Å². The first-order valence-electron chi connectivity index (χ1n) is 10.4. The lowest BCUT2D eigenvalue weighted by Crippen LogP contribution is -2.47. The Morgan fingerprint density at radius 1 is 1.11 bits per heavy atom. The van der Waals surface area contributed by atoms with Crippen LogP contribution in [0.1, 0.15) is 76.0 Å². The second kappa shape index (κ2) is 8.87. The van der Waals surface area contributed by atoms with Gasteiger partial charge in [0.2, 0.25) is 5.91 Å². The van der Waals surface area contributed by atoms with Gasteiger partial charge in [0.1, 0.15) is 0 Å². The van der Waals surface area contributed by atoms with Crippen molar-refractivity contribution in [3.63, 3.8) is 0 Å². The number of imide groups is 1. The van der Waals surface area contributed by atoms with Gasteiger partial charge in [0.25, 0.3) is 0 Å². The van der Waals surface area contributed by atoms with E-state index >= 15 is 0 Å². The molecule has 2 N–H and O–H groups in total. The molecule has 0 aromatic heterocycles. The van der Waals surface area contributed by atoms with Gasteiger partial charge in [0, 0.05) is 19.1 Å². The highest BCUT2D eigenvalue weighted by Gasteiger charge is 2.31. The summed E-state index contributed by atoms with van der Waals surface area (Å²) in [7, 11) is 0. The lowest BCUT2D eigenvalue weighted by Gasteiger charge is -2.28. The van der Waals surface area contributed by atoms with Crippen LogP contribution in [0.15, 0.2) is 24.3 Å². The van der Waals surface area contributed by atoms with E-state index in [1.165, 1.54) is 48.1 Å². The van der Waals surface area contributed by atoms with Gasteiger partial charge in [-0.05, 0) is 42.7 Å². The van der Waals surface area contributed by atoms with E-state index in [9.17, 15) is 9.59 Å². The molecule has 0 unspecified atom stereocenters. The number of hydrogen-bond acceptors (Lipinski definition) is 3. The van der Waals surface area contributed by atoms with Gasteiger partial charge in [0.15, 0.2) is 0 Å². The van der Waals surface area contributed by atoms with Crippen molar-refractivity contribution in [3.8, 4) is 0 Å². The Hall–Kier alpha value is -1.88. The summed E-state index contributed by atoms with van der Waals surface area (Å²) in [4.78, 5) is 25.7. The van der Waals surface area contributed by atoms with Gasteiger partial charge in [-0.1, -0.05) is 57.4 Å². The maximum absolute atomic E-state index is 12.6. The second-order valence-electron chi connectivity index (χ2n) is 8.33. The van der Waals surface area contributed by atoms with Crippen molar-refractivity contribution in [1.29, 1.82) is 0 Å². The Bertz CT molecular complexity index is 650. The molecule has 1 saturated heterocycles. The van der Waals surface area contributed by atoms with Crippen LogP contribution in [0.3, 0.4) is 0 Å². The fraction of sp³-hybridized carbons (Fsp3) is 0.636. The number of amides is 3. The van der Waals surface area contributed by atoms with Crippen LogP contribution in [0.25, 0.3) is 0 Å². The molecule has 1 aliphatic carbocycles. The quantitative estimate of drug-likeness (QED) is 0.796. The third kappa shape index (κ3) is 4.70. The molecule has 2 aliphatic rings. The highest BCUT2D eigenvalue weighted by molar-refractivity contribution is 5.98. The van der Waals surface area contributed by atoms with Crippen molar-refractivity contribution in [3.05, 3.63) is 35.4 Å². The molecule has 27 heavy (non-hydrogen) atoms. The van der Waals surface area contributed by atoms with E-state index < -0.39 is 6.04 Å². The lowest BCUT2D eigenvalue weighted by molar-refractivity contribution is -0.129. The Morgan fingerprint density at radius 2 is 1.78 bits per heavy atom. The topological polar surface area (TPSA) is 61.4 Å². The van der Waals surface area contributed by atoms with Crippen LogP contribution in [-0.2, 0) is 4.79 Å². The first-order chi connectivity index (χ1) is 13.0. The van der Waals surface area contributed by atoms with Gasteiger partial charge in [-0.25, -0.2) is 4.79 Å². The zero-order chi connectivity index (χ0) is 19.4. The molecular formula is C22H33N3O2. The van der Waals surface area contributed by atoms with E-state index in [4.69, 9.17) is 0 Å². The Morgan fingerprint density at radius 3 is 2.33 bits per heavy atom. The molecule has 148 valence electrons. The molecule has 1 heterocycles. The van der Waals surface area contributed by atoms with E-state index in [2.05, 4.69) is 48.7 Å². The van der Waals surface area contributed by atoms with Gasteiger partial charge < -0.3 is 5.32 Å². The molecule has 1 aliphatic heterocycles. The molecule has 2 fully saturated rings. The molecule has 1 saturated carbocycles. The predicted molar refractivity (Wildman–Crippen MR) is 108 cm³/mol. The van der Waals surface area contributed by atoms with Crippen molar-refractivity contribution in [2.75, 3.05) is 13.1 Å². The van der Waals surface area contributed by atoms with Crippen molar-refractivity contribution in [1.82, 2.24) is 15.5 Å². The van der Waals surface area contributed by atoms with E-state index in [-0.39, 0.29) is 18.0 Å². The Labute approximate surface area is 162 Å². The fourth-order valence-corrected chi connectivity index (χ4v) is 4.34. The number of carbonyl (C=O) groups is 2. The van der Waals surface area contributed by atoms with Crippen LogP contribution in [0.4, 0.5) is 4.79 Å². The summed E-state index contributed by atoms with van der Waals surface area (Å²) in [5, 5.41) is 6.15. The summed E-state index contributed by atoms with van der Waals surface area (Å²) >= 11 is 0. The van der Waals surface area contributed by atoms with Crippen molar-refractivity contribution >= 4 is 11.9 Å². The molecule has 0 spiro atoms. The molecule has 2 atom stereocenters. The number of rotatable bonds is 6. The molecule has 0 radical (unpaired) electrons. The van der Waals surface area contributed by atoms with Gasteiger partial charge in [-0.2, -0.15) is 0 Å². The molecule has 3 amide bonds. The van der Waals surface area contributed by atoms with Crippen molar-refractivity contribution in [2.24, 2.45) is 5.92 Å². The minimum Gasteiger partial charge on any atom is -0.336 e. The number of hydrogen-bond donors (Lipinski definition) is 2. The van der Waals surface area contributed by atoms with E-state index in [0.717, 1.165) is 0 Å². The highest BCUT2D eigenvalue weighted by Crippen LogP contribution is 2.33. The molecule has 5 nitrogen and oxygen atoms in total. The average Bonchev–Trinajstić information content (AvgIpc) is 3.12. The number of urea groups is 1. The van der Waals surface area contributed by atoms with Crippen LogP contribution < -0.4 is 10.6 Å². The summed E-state index contributed by atoms with van der Waals surface area (Å²) in [5.74, 6) is 0.884. The molecule has 1 aromatic carbocycles. The van der Waals surface area contributed by atoms with Crippen LogP contribution in [0, 0.1) is 5.92 Å². The van der Waals surface area contributed by atoms with Crippen molar-refractivity contribution in [2.45, 2.75) is 70.9 Å². The zero-order valence-electron chi connectivity index (χ0n) is 16.8. The van der Waals surface area contributed by atoms with Gasteiger partial charge >= 0.3 is 6.03 Å².